The number of hydrogen-bond acceptors (Lipinski definition) is 3. The Morgan fingerprint density at radius 1 is 1.38 bits per heavy atom. The molecule has 21 heavy (non-hydrogen) atoms. The van der Waals surface area contributed by atoms with Gasteiger partial charge in [-0.3, -0.25) is 0 Å². The van der Waals surface area contributed by atoms with Crippen LogP contribution >= 0.6 is 0 Å². The van der Waals surface area contributed by atoms with E-state index in [1.807, 2.05) is 12.3 Å². The number of nitrogens with two attached hydrogens (primary N) is 1. The molecule has 0 saturated carbocycles. The van der Waals surface area contributed by atoms with Gasteiger partial charge in [0, 0.05) is 18.3 Å². The Hall–Kier alpha value is -1.81. The molecule has 1 aromatic carbocycles. The van der Waals surface area contributed by atoms with Gasteiger partial charge in [0.2, 0.25) is 0 Å². The van der Waals surface area contributed by atoms with E-state index in [4.69, 9.17) is 10.5 Å². The van der Waals surface area contributed by atoms with Gasteiger partial charge in [0.15, 0.2) is 0 Å². The zero-order valence-corrected chi connectivity index (χ0v) is 12.9. The second kappa shape index (κ2) is 5.53. The second-order valence-electron chi connectivity index (χ2n) is 6.04. The lowest BCUT2D eigenvalue weighted by Crippen LogP contribution is -2.30. The monoisotopic (exact) mass is 285 g/mol. The summed E-state index contributed by atoms with van der Waals surface area (Å²) in [6, 6.07) is 6.51. The first kappa shape index (κ1) is 14.1. The fraction of sp³-hybridized carbons (Fsp3) is 0.471. The number of methoxy groups -OCH3 is 1. The molecule has 1 heterocycles. The number of nitrogens with zero attached hydrogens (tertiary/aromatic N) is 2. The molecule has 0 radical (unpaired) electrons. The normalized spacial score (nSPS) is 21.4. The van der Waals surface area contributed by atoms with E-state index in [2.05, 4.69) is 41.7 Å². The number of imidazole rings is 1. The van der Waals surface area contributed by atoms with Gasteiger partial charge < -0.3 is 15.0 Å². The highest BCUT2D eigenvalue weighted by Crippen LogP contribution is 2.38. The molecular formula is C17H23N3O. The Morgan fingerprint density at radius 2 is 2.19 bits per heavy atom. The van der Waals surface area contributed by atoms with Crippen molar-refractivity contribution in [3.63, 3.8) is 0 Å². The van der Waals surface area contributed by atoms with Crippen LogP contribution in [0.2, 0.25) is 0 Å². The van der Waals surface area contributed by atoms with Gasteiger partial charge >= 0.3 is 0 Å². The zero-order chi connectivity index (χ0) is 15.0. The maximum atomic E-state index is 6.55. The number of aromatic nitrogens is 2. The molecule has 0 amide bonds. The number of aryl methyl sites for hydroxylation is 1. The Kier molecular flexibility index (Phi) is 3.72. The van der Waals surface area contributed by atoms with Crippen LogP contribution in [0, 0.1) is 0 Å². The molecular weight excluding hydrogens is 262 g/mol. The molecule has 4 nitrogen and oxygen atoms in total. The van der Waals surface area contributed by atoms with E-state index >= 15 is 0 Å². The molecule has 1 aliphatic carbocycles. The number of rotatable bonds is 3. The molecule has 2 aromatic rings. The van der Waals surface area contributed by atoms with Gasteiger partial charge in [-0.1, -0.05) is 19.9 Å². The molecule has 4 heteroatoms. The van der Waals surface area contributed by atoms with Crippen molar-refractivity contribution in [3.8, 4) is 5.75 Å². The first-order valence-electron chi connectivity index (χ1n) is 7.57. The van der Waals surface area contributed by atoms with Crippen LogP contribution in [0.5, 0.6) is 5.75 Å². The summed E-state index contributed by atoms with van der Waals surface area (Å²) in [5.41, 5.74) is 9.09. The van der Waals surface area contributed by atoms with Crippen LogP contribution < -0.4 is 10.5 Å². The number of hydrogen-bond donors (Lipinski definition) is 1. The summed E-state index contributed by atoms with van der Waals surface area (Å²) in [5.74, 6) is 2.43. The SMILES string of the molecule is COc1ccc2c(c1)CCC(n1ccnc1C(C)C)C2N. The topological polar surface area (TPSA) is 53.1 Å². The van der Waals surface area contributed by atoms with Crippen molar-refractivity contribution in [1.82, 2.24) is 9.55 Å². The standard InChI is InChI=1S/C17H23N3O/c1-11(2)17-19-8-9-20(17)15-7-4-12-10-13(21-3)5-6-14(12)16(15)18/h5-6,8-11,15-16H,4,7,18H2,1-3H3. The third-order valence-corrected chi connectivity index (χ3v) is 4.41. The fourth-order valence-electron chi connectivity index (χ4n) is 3.31. The van der Waals surface area contributed by atoms with Crippen LogP contribution in [0.1, 0.15) is 55.2 Å². The van der Waals surface area contributed by atoms with Crippen molar-refractivity contribution in [2.75, 3.05) is 7.11 Å². The molecule has 0 aliphatic heterocycles. The molecule has 2 N–H and O–H groups in total. The average Bonchev–Trinajstić information content (AvgIpc) is 2.96. The van der Waals surface area contributed by atoms with Crippen LogP contribution in [0.4, 0.5) is 0 Å². The first-order chi connectivity index (χ1) is 10.1. The number of fused-ring (bicyclic) bond motifs is 1. The Balaban J connectivity index is 1.95. The van der Waals surface area contributed by atoms with E-state index < -0.39 is 0 Å². The van der Waals surface area contributed by atoms with Crippen LogP contribution in [0.3, 0.4) is 0 Å². The van der Waals surface area contributed by atoms with E-state index in [0.29, 0.717) is 5.92 Å². The van der Waals surface area contributed by atoms with Gasteiger partial charge in [0.1, 0.15) is 11.6 Å². The first-order valence-corrected chi connectivity index (χ1v) is 7.57. The molecule has 2 atom stereocenters. The molecule has 0 saturated heterocycles. The van der Waals surface area contributed by atoms with Gasteiger partial charge in [-0.15, -0.1) is 0 Å². The second-order valence-corrected chi connectivity index (χ2v) is 6.04. The van der Waals surface area contributed by atoms with Gasteiger partial charge in [0.25, 0.3) is 0 Å². The molecule has 0 bridgehead atoms. The lowest BCUT2D eigenvalue weighted by molar-refractivity contribution is 0.355. The molecule has 1 aromatic heterocycles. The third-order valence-electron chi connectivity index (χ3n) is 4.41. The predicted octanol–water partition coefficient (Wildman–Crippen LogP) is 3.20. The number of ether oxygens (including phenoxy) is 1. The summed E-state index contributed by atoms with van der Waals surface area (Å²) in [6.45, 7) is 4.35. The zero-order valence-electron chi connectivity index (χ0n) is 12.9. The molecule has 112 valence electrons. The summed E-state index contributed by atoms with van der Waals surface area (Å²) in [4.78, 5) is 4.50. The van der Waals surface area contributed by atoms with Crippen molar-refractivity contribution in [2.45, 2.75) is 44.7 Å². The van der Waals surface area contributed by atoms with Crippen molar-refractivity contribution in [3.05, 3.63) is 47.5 Å². The quantitative estimate of drug-likeness (QED) is 0.942. The van der Waals surface area contributed by atoms with Gasteiger partial charge in [-0.05, 0) is 36.1 Å². The van der Waals surface area contributed by atoms with E-state index in [0.717, 1.165) is 24.4 Å². The lowest BCUT2D eigenvalue weighted by atomic mass is 9.84. The van der Waals surface area contributed by atoms with Crippen molar-refractivity contribution in [2.24, 2.45) is 5.73 Å². The van der Waals surface area contributed by atoms with Gasteiger partial charge in [-0.2, -0.15) is 0 Å². The van der Waals surface area contributed by atoms with E-state index in [9.17, 15) is 0 Å². The van der Waals surface area contributed by atoms with Crippen LogP contribution in [0.15, 0.2) is 30.6 Å². The van der Waals surface area contributed by atoms with E-state index in [-0.39, 0.29) is 12.1 Å². The molecule has 0 fully saturated rings. The Labute approximate surface area is 125 Å². The van der Waals surface area contributed by atoms with Gasteiger partial charge in [0.05, 0.1) is 19.2 Å². The fourth-order valence-corrected chi connectivity index (χ4v) is 3.31. The summed E-state index contributed by atoms with van der Waals surface area (Å²) in [7, 11) is 1.70. The van der Waals surface area contributed by atoms with Crippen LogP contribution in [-0.2, 0) is 6.42 Å². The predicted molar refractivity (Wildman–Crippen MR) is 83.6 cm³/mol. The molecule has 2 unspecified atom stereocenters. The third kappa shape index (κ3) is 2.44. The summed E-state index contributed by atoms with van der Waals surface area (Å²) in [6.07, 6.45) is 6.01. The largest absolute Gasteiger partial charge is 0.497 e. The van der Waals surface area contributed by atoms with E-state index in [1.54, 1.807) is 7.11 Å². The van der Waals surface area contributed by atoms with Crippen molar-refractivity contribution in [1.29, 1.82) is 0 Å². The van der Waals surface area contributed by atoms with E-state index in [1.165, 1.54) is 11.1 Å². The maximum absolute atomic E-state index is 6.55. The summed E-state index contributed by atoms with van der Waals surface area (Å²) < 4.78 is 7.58. The smallest absolute Gasteiger partial charge is 0.119 e. The van der Waals surface area contributed by atoms with Crippen LogP contribution in [0.25, 0.3) is 0 Å². The highest BCUT2D eigenvalue weighted by Gasteiger charge is 2.29. The minimum atomic E-state index is 0.00589. The summed E-state index contributed by atoms with van der Waals surface area (Å²) >= 11 is 0. The highest BCUT2D eigenvalue weighted by atomic mass is 16.5. The highest BCUT2D eigenvalue weighted by molar-refractivity contribution is 5.39. The Morgan fingerprint density at radius 3 is 2.90 bits per heavy atom. The Bertz CT molecular complexity index is 633. The lowest BCUT2D eigenvalue weighted by Gasteiger charge is -2.33. The molecule has 1 aliphatic rings. The van der Waals surface area contributed by atoms with Gasteiger partial charge in [-0.25, -0.2) is 4.98 Å². The maximum Gasteiger partial charge on any atom is 0.119 e. The average molecular weight is 285 g/mol. The van der Waals surface area contributed by atoms with Crippen molar-refractivity contribution >= 4 is 0 Å². The molecule has 3 rings (SSSR count). The summed E-state index contributed by atoms with van der Waals surface area (Å²) in [5, 5.41) is 0. The minimum absolute atomic E-state index is 0.00589. The molecule has 0 spiro atoms. The van der Waals surface area contributed by atoms with Crippen LogP contribution in [-0.4, -0.2) is 16.7 Å². The minimum Gasteiger partial charge on any atom is -0.497 e. The van der Waals surface area contributed by atoms with Crippen molar-refractivity contribution < 1.29 is 4.74 Å². The number of benzene rings is 1.